The molecule has 0 aliphatic carbocycles. The number of hydrogen-bond acceptors (Lipinski definition) is 3. The lowest BCUT2D eigenvalue weighted by atomic mass is 10.0. The van der Waals surface area contributed by atoms with E-state index in [0.717, 1.165) is 13.1 Å². The van der Waals surface area contributed by atoms with Crippen molar-refractivity contribution in [1.29, 1.82) is 0 Å². The molecule has 2 rings (SSSR count). The summed E-state index contributed by atoms with van der Waals surface area (Å²) in [5, 5.41) is 3.17. The predicted molar refractivity (Wildman–Crippen MR) is 88.4 cm³/mol. The maximum Gasteiger partial charge on any atom is 0.258 e. The fourth-order valence-corrected chi connectivity index (χ4v) is 2.90. The Balaban J connectivity index is 0.00000200. The van der Waals surface area contributed by atoms with Gasteiger partial charge in [-0.15, -0.1) is 24.8 Å². The Labute approximate surface area is 144 Å². The SMILES string of the molecule is COc1ccc([C@H](C(F)F)N2CCNCC2)cc1Br.Cl.Cl. The number of rotatable bonds is 4. The van der Waals surface area contributed by atoms with Gasteiger partial charge in [0.1, 0.15) is 5.75 Å². The minimum absolute atomic E-state index is 0. The van der Waals surface area contributed by atoms with E-state index in [4.69, 9.17) is 4.74 Å². The lowest BCUT2D eigenvalue weighted by Gasteiger charge is -2.34. The third-order valence-corrected chi connectivity index (χ3v) is 3.92. The molecule has 1 aromatic rings. The van der Waals surface area contributed by atoms with E-state index in [1.807, 2.05) is 4.90 Å². The summed E-state index contributed by atoms with van der Waals surface area (Å²) in [4.78, 5) is 1.83. The van der Waals surface area contributed by atoms with Crippen LogP contribution < -0.4 is 10.1 Å². The molecule has 1 saturated heterocycles. The van der Waals surface area contributed by atoms with Crippen LogP contribution >= 0.6 is 40.7 Å². The van der Waals surface area contributed by atoms with E-state index in [2.05, 4.69) is 21.2 Å². The second kappa shape index (κ2) is 9.79. The Morgan fingerprint density at radius 2 is 1.86 bits per heavy atom. The second-order valence-corrected chi connectivity index (χ2v) is 5.31. The minimum Gasteiger partial charge on any atom is -0.496 e. The number of hydrogen-bond donors (Lipinski definition) is 1. The standard InChI is InChI=1S/C13H17BrF2N2O.2ClH/c1-19-11-3-2-9(8-10(11)14)12(13(15)16)18-6-4-17-5-7-18;;/h2-3,8,12-13,17H,4-7H2,1H3;2*1H/t12-;;/m1../s1. The van der Waals surface area contributed by atoms with Crippen LogP contribution in [0.15, 0.2) is 22.7 Å². The highest BCUT2D eigenvalue weighted by Crippen LogP contribution is 2.33. The van der Waals surface area contributed by atoms with Gasteiger partial charge in [-0.1, -0.05) is 6.07 Å². The average molecular weight is 408 g/mol. The van der Waals surface area contributed by atoms with E-state index < -0.39 is 12.5 Å². The van der Waals surface area contributed by atoms with Crippen LogP contribution in [0.3, 0.4) is 0 Å². The topological polar surface area (TPSA) is 24.5 Å². The van der Waals surface area contributed by atoms with Gasteiger partial charge in [0, 0.05) is 26.2 Å². The molecule has 1 fully saturated rings. The minimum atomic E-state index is -2.40. The van der Waals surface area contributed by atoms with Gasteiger partial charge < -0.3 is 10.1 Å². The Hall–Kier alpha value is -0.140. The van der Waals surface area contributed by atoms with Gasteiger partial charge in [-0.3, -0.25) is 4.90 Å². The van der Waals surface area contributed by atoms with Crippen molar-refractivity contribution in [3.05, 3.63) is 28.2 Å². The summed E-state index contributed by atoms with van der Waals surface area (Å²) in [6, 6.07) is 4.29. The van der Waals surface area contributed by atoms with Gasteiger partial charge in [0.15, 0.2) is 0 Å². The van der Waals surface area contributed by atoms with E-state index in [-0.39, 0.29) is 24.8 Å². The van der Waals surface area contributed by atoms with Crippen LogP contribution in [-0.2, 0) is 0 Å². The monoisotopic (exact) mass is 406 g/mol. The van der Waals surface area contributed by atoms with Crippen LogP contribution in [0.5, 0.6) is 5.75 Å². The maximum atomic E-state index is 13.4. The number of benzene rings is 1. The molecule has 0 radical (unpaired) electrons. The summed E-state index contributed by atoms with van der Waals surface area (Å²) >= 11 is 3.35. The quantitative estimate of drug-likeness (QED) is 0.826. The molecule has 0 spiro atoms. The summed E-state index contributed by atoms with van der Waals surface area (Å²) in [5.74, 6) is 0.650. The van der Waals surface area contributed by atoms with Crippen molar-refractivity contribution in [1.82, 2.24) is 10.2 Å². The normalized spacial score (nSPS) is 16.8. The van der Waals surface area contributed by atoms with Gasteiger partial charge in [0.05, 0.1) is 17.6 Å². The largest absolute Gasteiger partial charge is 0.496 e. The molecule has 0 bridgehead atoms. The van der Waals surface area contributed by atoms with Crippen molar-refractivity contribution in [3.8, 4) is 5.75 Å². The predicted octanol–water partition coefficient (Wildman–Crippen LogP) is 3.51. The first-order valence-electron chi connectivity index (χ1n) is 6.20. The summed E-state index contributed by atoms with van der Waals surface area (Å²) < 4.78 is 32.6. The van der Waals surface area contributed by atoms with E-state index in [0.29, 0.717) is 28.9 Å². The molecule has 0 unspecified atom stereocenters. The molecule has 1 aromatic carbocycles. The van der Waals surface area contributed by atoms with E-state index in [1.54, 1.807) is 25.3 Å². The van der Waals surface area contributed by atoms with Gasteiger partial charge in [-0.2, -0.15) is 0 Å². The van der Waals surface area contributed by atoms with Crippen molar-refractivity contribution < 1.29 is 13.5 Å². The van der Waals surface area contributed by atoms with E-state index >= 15 is 0 Å². The summed E-state index contributed by atoms with van der Waals surface area (Å²) in [7, 11) is 1.56. The molecule has 122 valence electrons. The Bertz CT molecular complexity index is 435. The van der Waals surface area contributed by atoms with Crippen LogP contribution in [0.1, 0.15) is 11.6 Å². The molecule has 1 aliphatic rings. The fraction of sp³-hybridized carbons (Fsp3) is 0.538. The summed E-state index contributed by atoms with van der Waals surface area (Å²) in [5.41, 5.74) is 0.615. The first-order valence-corrected chi connectivity index (χ1v) is 6.99. The zero-order valence-corrected chi connectivity index (χ0v) is 14.7. The lowest BCUT2D eigenvalue weighted by molar-refractivity contribution is 0.0181. The second-order valence-electron chi connectivity index (χ2n) is 4.46. The smallest absolute Gasteiger partial charge is 0.258 e. The molecule has 1 atom stereocenters. The number of alkyl halides is 2. The van der Waals surface area contributed by atoms with E-state index in [1.165, 1.54) is 0 Å². The highest BCUT2D eigenvalue weighted by atomic mass is 79.9. The van der Waals surface area contributed by atoms with Gasteiger partial charge in [0.25, 0.3) is 6.43 Å². The molecule has 21 heavy (non-hydrogen) atoms. The van der Waals surface area contributed by atoms with Crippen LogP contribution in [0, 0.1) is 0 Å². The van der Waals surface area contributed by atoms with Gasteiger partial charge in [0.2, 0.25) is 0 Å². The molecular weight excluding hydrogens is 389 g/mol. The molecule has 8 heteroatoms. The van der Waals surface area contributed by atoms with Crippen LogP contribution in [0.2, 0.25) is 0 Å². The van der Waals surface area contributed by atoms with Crippen molar-refractivity contribution in [2.75, 3.05) is 33.3 Å². The number of piperazine rings is 1. The first-order chi connectivity index (χ1) is 9.13. The fourth-order valence-electron chi connectivity index (χ4n) is 2.34. The summed E-state index contributed by atoms with van der Waals surface area (Å²) in [6.07, 6.45) is -2.40. The maximum absolute atomic E-state index is 13.4. The lowest BCUT2D eigenvalue weighted by Crippen LogP contribution is -2.46. The molecule has 0 aromatic heterocycles. The van der Waals surface area contributed by atoms with Gasteiger partial charge in [-0.05, 0) is 33.6 Å². The van der Waals surface area contributed by atoms with Crippen molar-refractivity contribution in [3.63, 3.8) is 0 Å². The molecule has 3 nitrogen and oxygen atoms in total. The summed E-state index contributed by atoms with van der Waals surface area (Å²) in [6.45, 7) is 2.78. The highest BCUT2D eigenvalue weighted by Gasteiger charge is 2.30. The van der Waals surface area contributed by atoms with E-state index in [9.17, 15) is 8.78 Å². The molecule has 1 aliphatic heterocycles. The van der Waals surface area contributed by atoms with Crippen molar-refractivity contribution in [2.45, 2.75) is 12.5 Å². The Morgan fingerprint density at radius 1 is 1.24 bits per heavy atom. The van der Waals surface area contributed by atoms with Crippen LogP contribution in [0.4, 0.5) is 8.78 Å². The zero-order chi connectivity index (χ0) is 13.8. The van der Waals surface area contributed by atoms with Crippen molar-refractivity contribution >= 4 is 40.7 Å². The number of methoxy groups -OCH3 is 1. The third-order valence-electron chi connectivity index (χ3n) is 3.30. The van der Waals surface area contributed by atoms with Crippen LogP contribution in [0.25, 0.3) is 0 Å². The van der Waals surface area contributed by atoms with Crippen molar-refractivity contribution in [2.24, 2.45) is 0 Å². The number of nitrogens with zero attached hydrogens (tertiary/aromatic N) is 1. The molecule has 1 N–H and O–H groups in total. The average Bonchev–Trinajstić information content (AvgIpc) is 2.40. The first kappa shape index (κ1) is 20.9. The Morgan fingerprint density at radius 3 is 2.33 bits per heavy atom. The third kappa shape index (κ3) is 5.21. The zero-order valence-electron chi connectivity index (χ0n) is 11.5. The molecule has 0 amide bonds. The molecule has 1 heterocycles. The number of halogens is 5. The molecule has 0 saturated carbocycles. The number of ether oxygens (including phenoxy) is 1. The van der Waals surface area contributed by atoms with Crippen LogP contribution in [-0.4, -0.2) is 44.6 Å². The Kier molecular flexibility index (Phi) is 9.73. The molecular formula is C13H19BrCl2F2N2O. The van der Waals surface area contributed by atoms with Gasteiger partial charge in [-0.25, -0.2) is 8.78 Å². The highest BCUT2D eigenvalue weighted by molar-refractivity contribution is 9.10. The number of nitrogens with one attached hydrogen (secondary N) is 1. The van der Waals surface area contributed by atoms with Gasteiger partial charge >= 0.3 is 0 Å².